The van der Waals surface area contributed by atoms with Crippen molar-refractivity contribution < 1.29 is 9.53 Å². The summed E-state index contributed by atoms with van der Waals surface area (Å²) >= 11 is 0. The fourth-order valence-electron chi connectivity index (χ4n) is 2.47. The smallest absolute Gasteiger partial charge is 0.265 e. The Hall–Kier alpha value is -2.29. The highest BCUT2D eigenvalue weighted by Gasteiger charge is 2.20. The van der Waals surface area contributed by atoms with Crippen molar-refractivity contribution in [3.8, 4) is 5.75 Å². The molecule has 3 heteroatoms. The first kappa shape index (κ1) is 17.1. The van der Waals surface area contributed by atoms with Gasteiger partial charge in [-0.05, 0) is 55.5 Å². The molecule has 1 amide bonds. The number of hydrogen-bond donors (Lipinski definition) is 1. The minimum Gasteiger partial charge on any atom is -0.480 e. The maximum absolute atomic E-state index is 12.6. The van der Waals surface area contributed by atoms with Crippen LogP contribution in [-0.2, 0) is 11.2 Å². The molecule has 0 aromatic heterocycles. The van der Waals surface area contributed by atoms with Gasteiger partial charge in [-0.3, -0.25) is 4.79 Å². The van der Waals surface area contributed by atoms with Crippen LogP contribution >= 0.6 is 0 Å². The Morgan fingerprint density at radius 1 is 1.13 bits per heavy atom. The second-order valence-electron chi connectivity index (χ2n) is 5.78. The third-order valence-electron chi connectivity index (χ3n) is 3.93. The van der Waals surface area contributed by atoms with Gasteiger partial charge in [-0.25, -0.2) is 0 Å². The van der Waals surface area contributed by atoms with Crippen LogP contribution in [0.5, 0.6) is 5.75 Å². The standard InChI is InChI=1S/C20H25NO2/c1-5-16-9-7-8-10-17(16)21-20(22)18(6-2)23-19-13-14(3)11-12-15(19)4/h7-13,18H,5-6H2,1-4H3,(H,21,22)/t18-/m0/s1. The van der Waals surface area contributed by atoms with Crippen molar-refractivity contribution in [2.45, 2.75) is 46.6 Å². The van der Waals surface area contributed by atoms with Crippen LogP contribution in [0.25, 0.3) is 0 Å². The van der Waals surface area contributed by atoms with Gasteiger partial charge in [0.1, 0.15) is 5.75 Å². The Bertz CT molecular complexity index is 679. The Kier molecular flexibility index (Phi) is 5.80. The van der Waals surface area contributed by atoms with Crippen LogP contribution in [-0.4, -0.2) is 12.0 Å². The summed E-state index contributed by atoms with van der Waals surface area (Å²) in [6, 6.07) is 13.9. The molecule has 0 heterocycles. The van der Waals surface area contributed by atoms with Gasteiger partial charge < -0.3 is 10.1 Å². The van der Waals surface area contributed by atoms with Crippen molar-refractivity contribution >= 4 is 11.6 Å². The number of rotatable bonds is 6. The summed E-state index contributed by atoms with van der Waals surface area (Å²) in [5.74, 6) is 0.671. The molecule has 0 radical (unpaired) electrons. The van der Waals surface area contributed by atoms with Crippen molar-refractivity contribution in [1.29, 1.82) is 0 Å². The number of amides is 1. The molecule has 3 nitrogen and oxygen atoms in total. The number of carbonyl (C=O) groups is 1. The van der Waals surface area contributed by atoms with Crippen molar-refractivity contribution in [3.05, 3.63) is 59.2 Å². The SMILES string of the molecule is CCc1ccccc1NC(=O)[C@H](CC)Oc1cc(C)ccc1C. The number of para-hydroxylation sites is 1. The molecule has 0 spiro atoms. The highest BCUT2D eigenvalue weighted by molar-refractivity contribution is 5.95. The van der Waals surface area contributed by atoms with Gasteiger partial charge >= 0.3 is 0 Å². The van der Waals surface area contributed by atoms with E-state index in [4.69, 9.17) is 4.74 Å². The monoisotopic (exact) mass is 311 g/mol. The molecule has 2 rings (SSSR count). The lowest BCUT2D eigenvalue weighted by Crippen LogP contribution is -2.32. The number of benzene rings is 2. The maximum Gasteiger partial charge on any atom is 0.265 e. The molecule has 0 fully saturated rings. The number of nitrogens with one attached hydrogen (secondary N) is 1. The molecule has 1 atom stereocenters. The lowest BCUT2D eigenvalue weighted by molar-refractivity contribution is -0.122. The molecule has 0 saturated heterocycles. The molecule has 0 unspecified atom stereocenters. The topological polar surface area (TPSA) is 38.3 Å². The summed E-state index contributed by atoms with van der Waals surface area (Å²) in [6.45, 7) is 8.05. The largest absolute Gasteiger partial charge is 0.480 e. The zero-order valence-corrected chi connectivity index (χ0v) is 14.3. The van der Waals surface area contributed by atoms with Crippen LogP contribution in [0.3, 0.4) is 0 Å². The number of ether oxygens (including phenoxy) is 1. The highest BCUT2D eigenvalue weighted by atomic mass is 16.5. The molecule has 122 valence electrons. The van der Waals surface area contributed by atoms with Crippen molar-refractivity contribution in [2.75, 3.05) is 5.32 Å². The van der Waals surface area contributed by atoms with Crippen LogP contribution < -0.4 is 10.1 Å². The molecule has 0 aliphatic rings. The summed E-state index contributed by atoms with van der Waals surface area (Å²) in [7, 11) is 0. The van der Waals surface area contributed by atoms with Crippen LogP contribution in [0, 0.1) is 13.8 Å². The van der Waals surface area contributed by atoms with E-state index in [1.54, 1.807) is 0 Å². The molecule has 0 aliphatic carbocycles. The van der Waals surface area contributed by atoms with Gasteiger partial charge in [0, 0.05) is 5.69 Å². The summed E-state index contributed by atoms with van der Waals surface area (Å²) in [5.41, 5.74) is 4.15. The van der Waals surface area contributed by atoms with Crippen LogP contribution in [0.4, 0.5) is 5.69 Å². The van der Waals surface area contributed by atoms with Gasteiger partial charge in [0.2, 0.25) is 0 Å². The van der Waals surface area contributed by atoms with Gasteiger partial charge in [0.15, 0.2) is 6.10 Å². The Morgan fingerprint density at radius 3 is 2.57 bits per heavy atom. The molecule has 23 heavy (non-hydrogen) atoms. The Balaban J connectivity index is 2.14. The van der Waals surface area contributed by atoms with Crippen LogP contribution in [0.1, 0.15) is 37.0 Å². The van der Waals surface area contributed by atoms with Crippen molar-refractivity contribution in [3.63, 3.8) is 0 Å². The van der Waals surface area contributed by atoms with E-state index in [9.17, 15) is 4.79 Å². The van der Waals surface area contributed by atoms with E-state index in [-0.39, 0.29) is 5.91 Å². The zero-order valence-electron chi connectivity index (χ0n) is 14.3. The number of carbonyl (C=O) groups excluding carboxylic acids is 1. The van der Waals surface area contributed by atoms with Gasteiger partial charge in [-0.2, -0.15) is 0 Å². The first-order valence-electron chi connectivity index (χ1n) is 8.17. The summed E-state index contributed by atoms with van der Waals surface area (Å²) < 4.78 is 5.97. The predicted molar refractivity (Wildman–Crippen MR) is 95.1 cm³/mol. The van der Waals surface area contributed by atoms with Gasteiger partial charge in [0.05, 0.1) is 0 Å². The van der Waals surface area contributed by atoms with E-state index in [2.05, 4.69) is 12.2 Å². The molecule has 2 aromatic rings. The maximum atomic E-state index is 12.6. The Labute approximate surface area is 138 Å². The van der Waals surface area contributed by atoms with E-state index >= 15 is 0 Å². The fourth-order valence-corrected chi connectivity index (χ4v) is 2.47. The average Bonchev–Trinajstić information content (AvgIpc) is 2.56. The molecule has 1 N–H and O–H groups in total. The lowest BCUT2D eigenvalue weighted by Gasteiger charge is -2.20. The predicted octanol–water partition coefficient (Wildman–Crippen LogP) is 4.66. The van der Waals surface area contributed by atoms with E-state index in [1.165, 1.54) is 0 Å². The number of aryl methyl sites for hydroxylation is 3. The second-order valence-corrected chi connectivity index (χ2v) is 5.78. The van der Waals surface area contributed by atoms with Crippen molar-refractivity contribution in [2.24, 2.45) is 0 Å². The zero-order chi connectivity index (χ0) is 16.8. The number of anilines is 1. The Morgan fingerprint density at radius 2 is 1.87 bits per heavy atom. The van der Waals surface area contributed by atoms with E-state index < -0.39 is 6.10 Å². The second kappa shape index (κ2) is 7.82. The van der Waals surface area contributed by atoms with Crippen molar-refractivity contribution in [1.82, 2.24) is 0 Å². The lowest BCUT2D eigenvalue weighted by atomic mass is 10.1. The van der Waals surface area contributed by atoms with E-state index in [0.29, 0.717) is 6.42 Å². The van der Waals surface area contributed by atoms with E-state index in [1.807, 2.05) is 63.2 Å². The van der Waals surface area contributed by atoms with Gasteiger partial charge in [-0.15, -0.1) is 0 Å². The number of hydrogen-bond acceptors (Lipinski definition) is 2. The van der Waals surface area contributed by atoms with Gasteiger partial charge in [0.25, 0.3) is 5.91 Å². The molecular formula is C20H25NO2. The summed E-state index contributed by atoms with van der Waals surface area (Å²) in [5, 5.41) is 3.00. The van der Waals surface area contributed by atoms with Crippen LogP contribution in [0.2, 0.25) is 0 Å². The van der Waals surface area contributed by atoms with Crippen LogP contribution in [0.15, 0.2) is 42.5 Å². The molecule has 0 bridgehead atoms. The average molecular weight is 311 g/mol. The molecule has 2 aromatic carbocycles. The molecular weight excluding hydrogens is 286 g/mol. The summed E-state index contributed by atoms with van der Waals surface area (Å²) in [6.07, 6.45) is 0.999. The molecule has 0 saturated carbocycles. The van der Waals surface area contributed by atoms with Gasteiger partial charge in [-0.1, -0.05) is 44.2 Å². The first-order valence-corrected chi connectivity index (χ1v) is 8.17. The fraction of sp³-hybridized carbons (Fsp3) is 0.350. The normalized spacial score (nSPS) is 11.8. The highest BCUT2D eigenvalue weighted by Crippen LogP contribution is 2.22. The molecule has 0 aliphatic heterocycles. The summed E-state index contributed by atoms with van der Waals surface area (Å²) in [4.78, 5) is 12.6. The third kappa shape index (κ3) is 4.35. The third-order valence-corrected chi connectivity index (χ3v) is 3.93. The minimum absolute atomic E-state index is 0.102. The quantitative estimate of drug-likeness (QED) is 0.842. The first-order chi connectivity index (χ1) is 11.0. The van der Waals surface area contributed by atoms with E-state index in [0.717, 1.165) is 34.5 Å². The minimum atomic E-state index is -0.500.